The maximum atomic E-state index is 12.0. The zero-order valence-electron chi connectivity index (χ0n) is 9.88. The van der Waals surface area contributed by atoms with Crippen LogP contribution >= 0.6 is 0 Å². The van der Waals surface area contributed by atoms with Gasteiger partial charge in [0, 0.05) is 24.4 Å². The van der Waals surface area contributed by atoms with E-state index < -0.39 is 18.2 Å². The highest BCUT2D eigenvalue weighted by molar-refractivity contribution is 5.22. The molecule has 0 bridgehead atoms. The van der Waals surface area contributed by atoms with Gasteiger partial charge in [0.05, 0.1) is 5.60 Å². The number of hydrogen-bond donors (Lipinski definition) is 1. The Kier molecular flexibility index (Phi) is 4.14. The molecule has 1 unspecified atom stereocenters. The second kappa shape index (κ2) is 5.04. The monoisotopic (exact) mass is 247 g/mol. The highest BCUT2D eigenvalue weighted by atomic mass is 19.4. The number of hydrogen-bond acceptors (Lipinski definition) is 2. The zero-order valence-corrected chi connectivity index (χ0v) is 9.88. The van der Waals surface area contributed by atoms with Gasteiger partial charge in [-0.15, -0.1) is 0 Å². The zero-order chi connectivity index (χ0) is 13.1. The van der Waals surface area contributed by atoms with Crippen molar-refractivity contribution in [2.75, 3.05) is 0 Å². The summed E-state index contributed by atoms with van der Waals surface area (Å²) in [6.07, 6.45) is -1.94. The van der Waals surface area contributed by atoms with E-state index in [1.54, 1.807) is 12.3 Å². The van der Waals surface area contributed by atoms with Gasteiger partial charge in [-0.1, -0.05) is 6.07 Å². The maximum Gasteiger partial charge on any atom is 0.389 e. The molecule has 1 heterocycles. The summed E-state index contributed by atoms with van der Waals surface area (Å²) in [5.41, 5.74) is 0.169. The van der Waals surface area contributed by atoms with Gasteiger partial charge in [-0.05, 0) is 32.3 Å². The normalized spacial score (nSPS) is 15.6. The Balaban J connectivity index is 2.62. The van der Waals surface area contributed by atoms with Gasteiger partial charge in [0.15, 0.2) is 0 Å². The Morgan fingerprint density at radius 1 is 1.24 bits per heavy atom. The standard InChI is InChI=1S/C12H16F3NO/c1-9-6-10(8-16-7-9)11(2,17)4-3-5-12(13,14)15/h6-8,17H,3-5H2,1-2H3. The van der Waals surface area contributed by atoms with Gasteiger partial charge in [-0.25, -0.2) is 0 Å². The molecule has 96 valence electrons. The van der Waals surface area contributed by atoms with Crippen molar-refractivity contribution in [3.63, 3.8) is 0 Å². The highest BCUT2D eigenvalue weighted by Gasteiger charge is 2.29. The van der Waals surface area contributed by atoms with Gasteiger partial charge in [0.1, 0.15) is 0 Å². The van der Waals surface area contributed by atoms with Gasteiger partial charge in [-0.3, -0.25) is 4.98 Å². The predicted octanol–water partition coefficient (Wildman–Crippen LogP) is 3.33. The molecule has 0 saturated heterocycles. The smallest absolute Gasteiger partial charge is 0.385 e. The Bertz CT molecular complexity index is 374. The SMILES string of the molecule is Cc1cncc(C(C)(O)CCCC(F)(F)F)c1. The lowest BCUT2D eigenvalue weighted by Crippen LogP contribution is -2.22. The van der Waals surface area contributed by atoms with Crippen molar-refractivity contribution < 1.29 is 18.3 Å². The average Bonchev–Trinajstić information content (AvgIpc) is 2.15. The van der Waals surface area contributed by atoms with Gasteiger partial charge < -0.3 is 5.11 Å². The minimum absolute atomic E-state index is 0.0671. The summed E-state index contributed by atoms with van der Waals surface area (Å²) in [5.74, 6) is 0. The molecule has 0 aromatic carbocycles. The molecule has 0 aliphatic carbocycles. The van der Waals surface area contributed by atoms with Crippen molar-refractivity contribution in [2.45, 2.75) is 44.9 Å². The molecule has 0 amide bonds. The second-order valence-electron chi connectivity index (χ2n) is 4.49. The van der Waals surface area contributed by atoms with E-state index in [9.17, 15) is 18.3 Å². The summed E-state index contributed by atoms with van der Waals surface area (Å²) >= 11 is 0. The lowest BCUT2D eigenvalue weighted by Gasteiger charge is -2.24. The third-order valence-electron chi connectivity index (χ3n) is 2.62. The fourth-order valence-electron chi connectivity index (χ4n) is 1.63. The number of nitrogens with zero attached hydrogens (tertiary/aromatic N) is 1. The first-order valence-electron chi connectivity index (χ1n) is 5.42. The van der Waals surface area contributed by atoms with E-state index in [0.29, 0.717) is 5.56 Å². The molecule has 1 atom stereocenters. The van der Waals surface area contributed by atoms with Crippen LogP contribution in [0.3, 0.4) is 0 Å². The largest absolute Gasteiger partial charge is 0.389 e. The van der Waals surface area contributed by atoms with Gasteiger partial charge in [0.2, 0.25) is 0 Å². The van der Waals surface area contributed by atoms with Crippen molar-refractivity contribution in [2.24, 2.45) is 0 Å². The molecule has 0 spiro atoms. The topological polar surface area (TPSA) is 33.1 Å². The molecule has 0 aliphatic rings. The summed E-state index contributed by atoms with van der Waals surface area (Å²) in [5, 5.41) is 10.1. The lowest BCUT2D eigenvalue weighted by molar-refractivity contribution is -0.137. The van der Waals surface area contributed by atoms with Gasteiger partial charge in [-0.2, -0.15) is 13.2 Å². The summed E-state index contributed by atoms with van der Waals surface area (Å²) in [4.78, 5) is 3.93. The van der Waals surface area contributed by atoms with E-state index in [1.165, 1.54) is 13.1 Å². The number of pyridine rings is 1. The number of alkyl halides is 3. The second-order valence-corrected chi connectivity index (χ2v) is 4.49. The first-order valence-corrected chi connectivity index (χ1v) is 5.42. The summed E-state index contributed by atoms with van der Waals surface area (Å²) in [7, 11) is 0. The van der Waals surface area contributed by atoms with E-state index in [-0.39, 0.29) is 12.8 Å². The molecule has 0 aliphatic heterocycles. The van der Waals surface area contributed by atoms with Crippen molar-refractivity contribution in [1.82, 2.24) is 4.98 Å². The minimum Gasteiger partial charge on any atom is -0.385 e. The Labute approximate surface area is 98.5 Å². The van der Waals surface area contributed by atoms with Crippen molar-refractivity contribution in [3.05, 3.63) is 29.6 Å². The van der Waals surface area contributed by atoms with E-state index in [1.807, 2.05) is 6.92 Å². The molecule has 0 saturated carbocycles. The highest BCUT2D eigenvalue weighted by Crippen LogP contribution is 2.30. The number of aliphatic hydroxyl groups is 1. The van der Waals surface area contributed by atoms with Crippen molar-refractivity contribution >= 4 is 0 Å². The van der Waals surface area contributed by atoms with E-state index in [0.717, 1.165) is 5.56 Å². The third-order valence-corrected chi connectivity index (χ3v) is 2.62. The van der Waals surface area contributed by atoms with Crippen molar-refractivity contribution in [1.29, 1.82) is 0 Å². The molecule has 0 radical (unpaired) electrons. The summed E-state index contributed by atoms with van der Waals surface area (Å²) in [6.45, 7) is 3.34. The number of rotatable bonds is 4. The first kappa shape index (κ1) is 14.0. The van der Waals surface area contributed by atoms with Gasteiger partial charge in [0.25, 0.3) is 0 Å². The summed E-state index contributed by atoms with van der Waals surface area (Å²) < 4.78 is 36.0. The van der Waals surface area contributed by atoms with E-state index in [2.05, 4.69) is 4.98 Å². The van der Waals surface area contributed by atoms with Crippen LogP contribution in [0.1, 0.15) is 37.3 Å². The Hall–Kier alpha value is -1.10. The lowest BCUT2D eigenvalue weighted by atomic mass is 9.91. The fourth-order valence-corrected chi connectivity index (χ4v) is 1.63. The molecule has 1 aromatic rings. The molecular formula is C12H16F3NO. The number of aromatic nitrogens is 1. The number of halogens is 3. The first-order chi connectivity index (χ1) is 7.71. The van der Waals surface area contributed by atoms with E-state index in [4.69, 9.17) is 0 Å². The summed E-state index contributed by atoms with van der Waals surface area (Å²) in [6, 6.07) is 1.74. The van der Waals surface area contributed by atoms with Crippen LogP contribution in [0.25, 0.3) is 0 Å². The molecule has 17 heavy (non-hydrogen) atoms. The molecule has 5 heteroatoms. The fraction of sp³-hybridized carbons (Fsp3) is 0.583. The molecule has 2 nitrogen and oxygen atoms in total. The Morgan fingerprint density at radius 2 is 1.88 bits per heavy atom. The van der Waals surface area contributed by atoms with Crippen molar-refractivity contribution in [3.8, 4) is 0 Å². The van der Waals surface area contributed by atoms with Crippen LogP contribution in [-0.4, -0.2) is 16.3 Å². The van der Waals surface area contributed by atoms with Crippen LogP contribution in [0.4, 0.5) is 13.2 Å². The van der Waals surface area contributed by atoms with E-state index >= 15 is 0 Å². The van der Waals surface area contributed by atoms with Crippen LogP contribution in [0, 0.1) is 6.92 Å². The maximum absolute atomic E-state index is 12.0. The average molecular weight is 247 g/mol. The third kappa shape index (κ3) is 4.73. The van der Waals surface area contributed by atoms with Crippen LogP contribution in [-0.2, 0) is 5.60 Å². The van der Waals surface area contributed by atoms with Crippen LogP contribution < -0.4 is 0 Å². The van der Waals surface area contributed by atoms with Gasteiger partial charge >= 0.3 is 6.18 Å². The molecule has 1 rings (SSSR count). The minimum atomic E-state index is -4.17. The Morgan fingerprint density at radius 3 is 2.41 bits per heavy atom. The quantitative estimate of drug-likeness (QED) is 0.885. The molecule has 1 aromatic heterocycles. The predicted molar refractivity (Wildman–Crippen MR) is 58.5 cm³/mol. The van der Waals surface area contributed by atoms with Crippen LogP contribution in [0.2, 0.25) is 0 Å². The number of aryl methyl sites for hydroxylation is 1. The molecular weight excluding hydrogens is 231 g/mol. The molecule has 1 N–H and O–H groups in total. The van der Waals surface area contributed by atoms with Crippen LogP contribution in [0.5, 0.6) is 0 Å². The molecule has 0 fully saturated rings. The van der Waals surface area contributed by atoms with Crippen LogP contribution in [0.15, 0.2) is 18.5 Å².